The van der Waals surface area contributed by atoms with Gasteiger partial charge in [0.25, 0.3) is 0 Å². The molecule has 0 N–H and O–H groups in total. The molecule has 3 aromatic heterocycles. The largest absolute Gasteiger partial charge is 0.456 e. The van der Waals surface area contributed by atoms with Gasteiger partial charge in [0.2, 0.25) is 5.71 Å². The third-order valence-electron chi connectivity index (χ3n) is 12.3. The second-order valence-electron chi connectivity index (χ2n) is 15.2. The summed E-state index contributed by atoms with van der Waals surface area (Å²) in [5.41, 5.74) is 15.6. The van der Waals surface area contributed by atoms with E-state index < -0.39 is 0 Å². The van der Waals surface area contributed by atoms with Gasteiger partial charge in [0.05, 0.1) is 17.1 Å². The van der Waals surface area contributed by atoms with Crippen molar-refractivity contribution in [2.24, 2.45) is 0 Å². The van der Waals surface area contributed by atoms with Gasteiger partial charge < -0.3 is 13.7 Å². The van der Waals surface area contributed by atoms with E-state index in [1.54, 1.807) is 0 Å². The maximum atomic E-state index is 6.59. The number of hydrogen-bond acceptors (Lipinski definition) is 5. The molecule has 52 heavy (non-hydrogen) atoms. The van der Waals surface area contributed by atoms with Crippen LogP contribution in [0.4, 0.5) is 11.5 Å². The summed E-state index contributed by atoms with van der Waals surface area (Å²) < 4.78 is 13.2. The molecule has 244 valence electrons. The summed E-state index contributed by atoms with van der Waals surface area (Å²) in [5.74, 6) is 1.53. The highest BCUT2D eigenvalue weighted by atomic mass is 16.3. The van der Waals surface area contributed by atoms with Gasteiger partial charge in [0, 0.05) is 32.7 Å². The fourth-order valence-corrected chi connectivity index (χ4v) is 10.1. The van der Waals surface area contributed by atoms with Crippen LogP contribution in [0.25, 0.3) is 89.3 Å². The second kappa shape index (κ2) is 9.06. The highest BCUT2D eigenvalue weighted by Gasteiger charge is 2.42. The second-order valence-corrected chi connectivity index (χ2v) is 15.2. The van der Waals surface area contributed by atoms with Crippen LogP contribution in [0.3, 0.4) is 0 Å². The molecule has 9 aromatic rings. The minimum absolute atomic E-state index is 0.0285. The molecule has 0 amide bonds. The van der Waals surface area contributed by atoms with Gasteiger partial charge >= 0.3 is 0 Å². The Morgan fingerprint density at radius 3 is 2.40 bits per heavy atom. The molecule has 3 aliphatic carbocycles. The summed E-state index contributed by atoms with van der Waals surface area (Å²) in [7, 11) is 0. The molecule has 4 heterocycles. The van der Waals surface area contributed by atoms with E-state index in [1.807, 2.05) is 12.1 Å². The molecule has 5 nitrogen and oxygen atoms in total. The average molecular weight is 668 g/mol. The van der Waals surface area contributed by atoms with E-state index in [0.717, 1.165) is 51.0 Å². The van der Waals surface area contributed by atoms with Crippen LogP contribution in [0.2, 0.25) is 0 Å². The lowest BCUT2D eigenvalue weighted by molar-refractivity contribution is 0.653. The van der Waals surface area contributed by atoms with Gasteiger partial charge in [-0.3, -0.25) is 0 Å². The Kier molecular flexibility index (Phi) is 4.75. The number of fused-ring (bicyclic) bond motifs is 7. The standard InChI is InChI=1S/C47H29N3O2/c1-47(2)31-14-5-3-10-26(31)30-23-25(17-19-32(30)47)44-48-45(40-29-11-4-6-15-35(29)52-46(40)49-44)50-33-20-18-24-9-7-12-27-28-13-8-16-36-39(28)43-37(51-36)22-21-34(50)42(43)41(33)38(24)27/h3-19,21-23,33H,20H2,1-2H3. The van der Waals surface area contributed by atoms with Crippen LogP contribution in [0.5, 0.6) is 0 Å². The molecule has 0 fully saturated rings. The van der Waals surface area contributed by atoms with Crippen LogP contribution in [0.1, 0.15) is 37.0 Å². The summed E-state index contributed by atoms with van der Waals surface area (Å²) >= 11 is 0. The summed E-state index contributed by atoms with van der Waals surface area (Å²) in [6.45, 7) is 4.63. The Morgan fingerprint density at radius 1 is 0.654 bits per heavy atom. The number of nitrogens with zero attached hydrogens (tertiary/aromatic N) is 3. The molecule has 0 saturated carbocycles. The van der Waals surface area contributed by atoms with E-state index in [9.17, 15) is 0 Å². The first kappa shape index (κ1) is 27.3. The molecule has 1 unspecified atom stereocenters. The third kappa shape index (κ3) is 3.13. The zero-order valence-corrected chi connectivity index (χ0v) is 28.5. The van der Waals surface area contributed by atoms with E-state index in [-0.39, 0.29) is 11.5 Å². The molecule has 1 aliphatic heterocycles. The van der Waals surface area contributed by atoms with Gasteiger partial charge in [-0.1, -0.05) is 105 Å². The zero-order chi connectivity index (χ0) is 34.0. The molecule has 6 aromatic carbocycles. The Morgan fingerprint density at radius 2 is 1.44 bits per heavy atom. The van der Waals surface area contributed by atoms with Crippen LogP contribution in [-0.2, 0) is 5.41 Å². The zero-order valence-electron chi connectivity index (χ0n) is 28.5. The van der Waals surface area contributed by atoms with Crippen molar-refractivity contribution in [2.45, 2.75) is 31.7 Å². The number of benzene rings is 6. The van der Waals surface area contributed by atoms with Crippen molar-refractivity contribution < 1.29 is 8.83 Å². The highest BCUT2D eigenvalue weighted by Crippen LogP contribution is 2.55. The van der Waals surface area contributed by atoms with Crippen molar-refractivity contribution in [3.63, 3.8) is 0 Å². The monoisotopic (exact) mass is 667 g/mol. The van der Waals surface area contributed by atoms with Crippen molar-refractivity contribution >= 4 is 67.2 Å². The first-order valence-electron chi connectivity index (χ1n) is 18.1. The van der Waals surface area contributed by atoms with E-state index in [0.29, 0.717) is 11.5 Å². The predicted molar refractivity (Wildman–Crippen MR) is 208 cm³/mol. The number of rotatable bonds is 2. The van der Waals surface area contributed by atoms with Crippen molar-refractivity contribution in [3.05, 3.63) is 142 Å². The molecule has 0 bridgehead atoms. The van der Waals surface area contributed by atoms with Crippen molar-refractivity contribution in [3.8, 4) is 33.6 Å². The fourth-order valence-electron chi connectivity index (χ4n) is 10.1. The quantitative estimate of drug-likeness (QED) is 0.184. The summed E-state index contributed by atoms with van der Waals surface area (Å²) in [5, 5.41) is 6.94. The van der Waals surface area contributed by atoms with Gasteiger partial charge in [-0.25, -0.2) is 4.98 Å². The Bertz CT molecular complexity index is 3270. The first-order chi connectivity index (χ1) is 25.5. The van der Waals surface area contributed by atoms with E-state index >= 15 is 0 Å². The Hall–Kier alpha value is -6.46. The molecule has 4 aliphatic rings. The maximum absolute atomic E-state index is 6.59. The van der Waals surface area contributed by atoms with Crippen LogP contribution in [-0.4, -0.2) is 16.0 Å². The number of furan rings is 2. The number of anilines is 2. The lowest BCUT2D eigenvalue weighted by Gasteiger charge is -2.29. The van der Waals surface area contributed by atoms with Gasteiger partial charge in [-0.05, 0) is 86.1 Å². The smallest absolute Gasteiger partial charge is 0.233 e. The molecule has 0 saturated heterocycles. The minimum atomic E-state index is -0.0786. The van der Waals surface area contributed by atoms with Gasteiger partial charge in [-0.15, -0.1) is 0 Å². The average Bonchev–Trinajstić information content (AvgIpc) is 3.88. The lowest BCUT2D eigenvalue weighted by atomic mass is 9.82. The molecule has 5 heteroatoms. The highest BCUT2D eigenvalue weighted by molar-refractivity contribution is 6.22. The summed E-state index contributed by atoms with van der Waals surface area (Å²) in [4.78, 5) is 13.3. The maximum Gasteiger partial charge on any atom is 0.233 e. The Balaban J connectivity index is 1.14. The van der Waals surface area contributed by atoms with Crippen LogP contribution in [0, 0.1) is 0 Å². The molecule has 0 spiro atoms. The minimum Gasteiger partial charge on any atom is -0.456 e. The lowest BCUT2D eigenvalue weighted by Crippen LogP contribution is -2.39. The van der Waals surface area contributed by atoms with E-state index in [2.05, 4.69) is 128 Å². The predicted octanol–water partition coefficient (Wildman–Crippen LogP) is 10.1. The fraction of sp³-hybridized carbons (Fsp3) is 0.106. The van der Waals surface area contributed by atoms with E-state index in [1.165, 1.54) is 65.7 Å². The first-order valence-corrected chi connectivity index (χ1v) is 18.1. The topological polar surface area (TPSA) is 55.3 Å². The van der Waals surface area contributed by atoms with Crippen molar-refractivity contribution in [1.29, 1.82) is 0 Å². The SMILES string of the molecule is CC1(C)c2ccccc2-c2cc(-c3nc(N4c5ccc6oc7cccc8c7c6c5C5=c6c-8cccc6=CCC54)c4c(n3)oc3ccccc34)ccc21. The number of aromatic nitrogens is 2. The summed E-state index contributed by atoms with van der Waals surface area (Å²) in [6.07, 6.45) is 3.26. The van der Waals surface area contributed by atoms with Gasteiger partial charge in [0.1, 0.15) is 22.6 Å². The van der Waals surface area contributed by atoms with Gasteiger partial charge in [-0.2, -0.15) is 4.98 Å². The molecular weight excluding hydrogens is 639 g/mol. The normalized spacial score (nSPS) is 17.0. The van der Waals surface area contributed by atoms with E-state index in [4.69, 9.17) is 18.8 Å². The molecular formula is C47H29N3O2. The number of hydrogen-bond donors (Lipinski definition) is 0. The third-order valence-corrected chi connectivity index (χ3v) is 12.3. The molecule has 13 rings (SSSR count). The Labute approximate surface area is 297 Å². The van der Waals surface area contributed by atoms with Crippen LogP contribution >= 0.6 is 0 Å². The molecule has 1 atom stereocenters. The van der Waals surface area contributed by atoms with Crippen LogP contribution < -0.4 is 15.3 Å². The summed E-state index contributed by atoms with van der Waals surface area (Å²) in [6, 6.07) is 41.4. The van der Waals surface area contributed by atoms with Crippen LogP contribution in [0.15, 0.2) is 124 Å². The van der Waals surface area contributed by atoms with Crippen molar-refractivity contribution in [1.82, 2.24) is 9.97 Å². The van der Waals surface area contributed by atoms with Crippen molar-refractivity contribution in [2.75, 3.05) is 4.90 Å². The molecule has 0 radical (unpaired) electrons. The van der Waals surface area contributed by atoms with Gasteiger partial charge in [0.15, 0.2) is 5.82 Å². The number of para-hydroxylation sites is 1.